The predicted octanol–water partition coefficient (Wildman–Crippen LogP) is -0.834. The molecule has 0 unspecified atom stereocenters. The standard InChI is InChI=1S/C9H13N3O2/c1-11-4-7(3-10-11)2-9(14)12-5-8(13)6-12/h3-4,8,13H,2,5-6H2,1H3. The number of likely N-dealkylation sites (tertiary alicyclic amines) is 1. The molecule has 1 N–H and O–H groups in total. The van der Waals surface area contributed by atoms with Crippen LogP contribution in [0.25, 0.3) is 0 Å². The molecule has 1 aromatic rings. The molecule has 2 rings (SSSR count). The van der Waals surface area contributed by atoms with Crippen LogP contribution in [-0.2, 0) is 18.3 Å². The molecule has 0 aromatic carbocycles. The number of nitrogens with zero attached hydrogens (tertiary/aromatic N) is 3. The van der Waals surface area contributed by atoms with E-state index >= 15 is 0 Å². The van der Waals surface area contributed by atoms with E-state index in [0.29, 0.717) is 19.5 Å². The van der Waals surface area contributed by atoms with Crippen molar-refractivity contribution in [1.82, 2.24) is 14.7 Å². The molecular formula is C9H13N3O2. The molecular weight excluding hydrogens is 182 g/mol. The van der Waals surface area contributed by atoms with Crippen LogP contribution < -0.4 is 0 Å². The Labute approximate surface area is 81.9 Å². The molecule has 0 atom stereocenters. The molecule has 76 valence electrons. The van der Waals surface area contributed by atoms with Gasteiger partial charge in [0.25, 0.3) is 0 Å². The van der Waals surface area contributed by atoms with Crippen LogP contribution in [0.3, 0.4) is 0 Å². The fourth-order valence-corrected chi connectivity index (χ4v) is 1.51. The Balaban J connectivity index is 1.89. The van der Waals surface area contributed by atoms with E-state index in [0.717, 1.165) is 5.56 Å². The van der Waals surface area contributed by atoms with Crippen LogP contribution in [0.1, 0.15) is 5.56 Å². The Kier molecular flexibility index (Phi) is 2.25. The first-order valence-electron chi connectivity index (χ1n) is 4.58. The molecule has 1 aliphatic heterocycles. The van der Waals surface area contributed by atoms with E-state index in [1.54, 1.807) is 15.8 Å². The van der Waals surface area contributed by atoms with Gasteiger partial charge in [0.1, 0.15) is 0 Å². The fourth-order valence-electron chi connectivity index (χ4n) is 1.51. The van der Waals surface area contributed by atoms with Crippen molar-refractivity contribution >= 4 is 5.91 Å². The number of carbonyl (C=O) groups is 1. The lowest BCUT2D eigenvalue weighted by molar-refractivity contribution is -0.140. The summed E-state index contributed by atoms with van der Waals surface area (Å²) in [6, 6.07) is 0. The van der Waals surface area contributed by atoms with E-state index in [9.17, 15) is 4.79 Å². The average Bonchev–Trinajstić information content (AvgIpc) is 2.45. The molecule has 0 bridgehead atoms. The maximum absolute atomic E-state index is 11.5. The molecule has 5 heteroatoms. The minimum absolute atomic E-state index is 0.0586. The molecule has 1 fully saturated rings. The van der Waals surface area contributed by atoms with Crippen LogP contribution in [0.4, 0.5) is 0 Å². The van der Waals surface area contributed by atoms with E-state index < -0.39 is 0 Å². The third kappa shape index (κ3) is 1.77. The molecule has 5 nitrogen and oxygen atoms in total. The topological polar surface area (TPSA) is 58.4 Å². The number of aliphatic hydroxyl groups excluding tert-OH is 1. The van der Waals surface area contributed by atoms with E-state index in [1.165, 1.54) is 0 Å². The highest BCUT2D eigenvalue weighted by atomic mass is 16.3. The van der Waals surface area contributed by atoms with Gasteiger partial charge in [-0.3, -0.25) is 9.48 Å². The van der Waals surface area contributed by atoms with Gasteiger partial charge in [-0.1, -0.05) is 0 Å². The average molecular weight is 195 g/mol. The van der Waals surface area contributed by atoms with Gasteiger partial charge in [0.2, 0.25) is 5.91 Å². The van der Waals surface area contributed by atoms with E-state index in [1.807, 2.05) is 13.2 Å². The van der Waals surface area contributed by atoms with Crippen molar-refractivity contribution in [2.45, 2.75) is 12.5 Å². The number of hydrogen-bond acceptors (Lipinski definition) is 3. The summed E-state index contributed by atoms with van der Waals surface area (Å²) in [4.78, 5) is 13.2. The van der Waals surface area contributed by atoms with Gasteiger partial charge in [-0.05, 0) is 5.56 Å². The quantitative estimate of drug-likeness (QED) is 0.669. The van der Waals surface area contributed by atoms with Crippen molar-refractivity contribution < 1.29 is 9.90 Å². The maximum Gasteiger partial charge on any atom is 0.227 e. The van der Waals surface area contributed by atoms with Crippen LogP contribution >= 0.6 is 0 Å². The summed E-state index contributed by atoms with van der Waals surface area (Å²) in [5, 5.41) is 13.0. The van der Waals surface area contributed by atoms with Gasteiger partial charge in [-0.2, -0.15) is 5.10 Å². The number of rotatable bonds is 2. The third-order valence-corrected chi connectivity index (χ3v) is 2.33. The minimum atomic E-state index is -0.326. The summed E-state index contributed by atoms with van der Waals surface area (Å²) in [7, 11) is 1.82. The van der Waals surface area contributed by atoms with Crippen molar-refractivity contribution in [3.05, 3.63) is 18.0 Å². The Morgan fingerprint density at radius 2 is 2.43 bits per heavy atom. The summed E-state index contributed by atoms with van der Waals surface area (Å²) in [6.07, 6.45) is 3.57. The smallest absolute Gasteiger partial charge is 0.227 e. The zero-order valence-corrected chi connectivity index (χ0v) is 8.05. The second kappa shape index (κ2) is 3.42. The molecule has 1 aliphatic rings. The second-order valence-electron chi connectivity index (χ2n) is 3.65. The lowest BCUT2D eigenvalue weighted by Crippen LogP contribution is -2.53. The van der Waals surface area contributed by atoms with Crippen LogP contribution in [0, 0.1) is 0 Å². The van der Waals surface area contributed by atoms with Gasteiger partial charge in [0.15, 0.2) is 0 Å². The number of hydrogen-bond donors (Lipinski definition) is 1. The molecule has 14 heavy (non-hydrogen) atoms. The van der Waals surface area contributed by atoms with Crippen molar-refractivity contribution in [2.24, 2.45) is 7.05 Å². The summed E-state index contributed by atoms with van der Waals surface area (Å²) >= 11 is 0. The number of amides is 1. The molecule has 2 heterocycles. The zero-order chi connectivity index (χ0) is 10.1. The number of aliphatic hydroxyl groups is 1. The summed E-state index contributed by atoms with van der Waals surface area (Å²) in [5.41, 5.74) is 0.916. The first-order valence-corrected chi connectivity index (χ1v) is 4.58. The molecule has 0 spiro atoms. The minimum Gasteiger partial charge on any atom is -0.389 e. The number of β-amino-alcohol motifs (C(OH)–C–C–N with tert-alkyl or cyclic N) is 1. The van der Waals surface area contributed by atoms with Crippen LogP contribution in [0.5, 0.6) is 0 Å². The first-order chi connectivity index (χ1) is 6.65. The van der Waals surface area contributed by atoms with E-state index in [2.05, 4.69) is 5.10 Å². The van der Waals surface area contributed by atoms with Gasteiger partial charge in [0.05, 0.1) is 18.7 Å². The third-order valence-electron chi connectivity index (χ3n) is 2.33. The van der Waals surface area contributed by atoms with Gasteiger partial charge in [-0.25, -0.2) is 0 Å². The summed E-state index contributed by atoms with van der Waals surface area (Å²) in [5.74, 6) is 0.0586. The van der Waals surface area contributed by atoms with E-state index in [-0.39, 0.29) is 12.0 Å². The summed E-state index contributed by atoms with van der Waals surface area (Å²) in [6.45, 7) is 0.943. The second-order valence-corrected chi connectivity index (χ2v) is 3.65. The number of aromatic nitrogens is 2. The lowest BCUT2D eigenvalue weighted by atomic mass is 10.1. The Hall–Kier alpha value is -1.36. The van der Waals surface area contributed by atoms with Gasteiger partial charge < -0.3 is 10.0 Å². The van der Waals surface area contributed by atoms with E-state index in [4.69, 9.17) is 5.11 Å². The van der Waals surface area contributed by atoms with Crippen LogP contribution in [0.2, 0.25) is 0 Å². The highest BCUT2D eigenvalue weighted by Crippen LogP contribution is 2.10. The molecule has 1 aromatic heterocycles. The highest BCUT2D eigenvalue weighted by molar-refractivity contribution is 5.79. The normalized spacial score (nSPS) is 16.9. The maximum atomic E-state index is 11.5. The monoisotopic (exact) mass is 195 g/mol. The van der Waals surface area contributed by atoms with Gasteiger partial charge in [-0.15, -0.1) is 0 Å². The Morgan fingerprint density at radius 1 is 1.71 bits per heavy atom. The molecule has 1 amide bonds. The molecule has 0 radical (unpaired) electrons. The largest absolute Gasteiger partial charge is 0.389 e. The van der Waals surface area contributed by atoms with Crippen molar-refractivity contribution in [3.8, 4) is 0 Å². The Morgan fingerprint density at radius 3 is 2.93 bits per heavy atom. The fraction of sp³-hybridized carbons (Fsp3) is 0.556. The van der Waals surface area contributed by atoms with Crippen LogP contribution in [-0.4, -0.2) is 44.9 Å². The van der Waals surface area contributed by atoms with Crippen molar-refractivity contribution in [3.63, 3.8) is 0 Å². The van der Waals surface area contributed by atoms with Gasteiger partial charge >= 0.3 is 0 Å². The van der Waals surface area contributed by atoms with Crippen LogP contribution in [0.15, 0.2) is 12.4 Å². The highest BCUT2D eigenvalue weighted by Gasteiger charge is 2.28. The Bertz CT molecular complexity index is 342. The van der Waals surface area contributed by atoms with Gasteiger partial charge in [0, 0.05) is 26.3 Å². The SMILES string of the molecule is Cn1cc(CC(=O)N2CC(O)C2)cn1. The van der Waals surface area contributed by atoms with Crippen molar-refractivity contribution in [2.75, 3.05) is 13.1 Å². The zero-order valence-electron chi connectivity index (χ0n) is 8.05. The molecule has 0 aliphatic carbocycles. The number of carbonyl (C=O) groups excluding carboxylic acids is 1. The number of aryl methyl sites for hydroxylation is 1. The summed E-state index contributed by atoms with van der Waals surface area (Å²) < 4.78 is 1.67. The lowest BCUT2D eigenvalue weighted by Gasteiger charge is -2.35. The first kappa shape index (κ1) is 9.21. The molecule has 0 saturated carbocycles. The van der Waals surface area contributed by atoms with Crippen molar-refractivity contribution in [1.29, 1.82) is 0 Å². The molecule has 1 saturated heterocycles. The predicted molar refractivity (Wildman–Crippen MR) is 49.5 cm³/mol.